The molecule has 1 aliphatic rings. The van der Waals surface area contributed by atoms with Crippen LogP contribution in [-0.2, 0) is 6.54 Å². The van der Waals surface area contributed by atoms with Gasteiger partial charge in [0.15, 0.2) is 0 Å². The van der Waals surface area contributed by atoms with Crippen LogP contribution in [0, 0.1) is 5.92 Å². The molecular weight excluding hydrogens is 385 g/mol. The average molecular weight is 404 g/mol. The van der Waals surface area contributed by atoms with Gasteiger partial charge in [0, 0.05) is 6.54 Å². The standard InChI is InChI=1S/C14H18BrF3N2O.ClH/c15-12-7-11(1-2-13(12)21-14(16,17)18)9-20-5-3-10(8-19)4-6-20;/h1-2,7,10H,3-6,8-9,19H2;1H. The summed E-state index contributed by atoms with van der Waals surface area (Å²) in [6.07, 6.45) is -2.52. The zero-order valence-electron chi connectivity index (χ0n) is 11.9. The van der Waals surface area contributed by atoms with E-state index in [1.807, 2.05) is 0 Å². The molecule has 1 fully saturated rings. The van der Waals surface area contributed by atoms with Crippen LogP contribution in [0.5, 0.6) is 5.75 Å². The highest BCUT2D eigenvalue weighted by atomic mass is 79.9. The lowest BCUT2D eigenvalue weighted by Gasteiger charge is -2.31. The third-order valence-electron chi connectivity index (χ3n) is 3.67. The number of ether oxygens (including phenoxy) is 1. The van der Waals surface area contributed by atoms with Crippen molar-refractivity contribution in [3.63, 3.8) is 0 Å². The van der Waals surface area contributed by atoms with Gasteiger partial charge in [-0.3, -0.25) is 4.90 Å². The lowest BCUT2D eigenvalue weighted by molar-refractivity contribution is -0.274. The number of likely N-dealkylation sites (tertiary alicyclic amines) is 1. The summed E-state index contributed by atoms with van der Waals surface area (Å²) in [6, 6.07) is 4.69. The third kappa shape index (κ3) is 5.95. The minimum absolute atomic E-state index is 0. The highest BCUT2D eigenvalue weighted by Gasteiger charge is 2.32. The maximum absolute atomic E-state index is 12.2. The van der Waals surface area contributed by atoms with Gasteiger partial charge >= 0.3 is 6.36 Å². The highest BCUT2D eigenvalue weighted by molar-refractivity contribution is 9.10. The molecule has 2 N–H and O–H groups in total. The van der Waals surface area contributed by atoms with E-state index in [-0.39, 0.29) is 18.2 Å². The van der Waals surface area contributed by atoms with Crippen LogP contribution in [0.15, 0.2) is 22.7 Å². The predicted octanol–water partition coefficient (Wildman–Crippen LogP) is 3.94. The highest BCUT2D eigenvalue weighted by Crippen LogP contribution is 2.31. The van der Waals surface area contributed by atoms with E-state index in [2.05, 4.69) is 25.6 Å². The maximum atomic E-state index is 12.2. The molecule has 0 bridgehead atoms. The Morgan fingerprint density at radius 3 is 2.41 bits per heavy atom. The molecule has 0 aromatic heterocycles. The Bertz CT molecular complexity index is 480. The van der Waals surface area contributed by atoms with Crippen LogP contribution < -0.4 is 10.5 Å². The molecule has 126 valence electrons. The molecule has 1 aromatic carbocycles. The number of nitrogens with zero attached hydrogens (tertiary/aromatic N) is 1. The van der Waals surface area contributed by atoms with Gasteiger partial charge in [-0.25, -0.2) is 0 Å². The molecule has 1 heterocycles. The second kappa shape index (κ2) is 8.38. The molecule has 8 heteroatoms. The van der Waals surface area contributed by atoms with Crippen molar-refractivity contribution in [1.29, 1.82) is 0 Å². The second-order valence-electron chi connectivity index (χ2n) is 5.27. The maximum Gasteiger partial charge on any atom is 0.573 e. The smallest absolute Gasteiger partial charge is 0.405 e. The van der Waals surface area contributed by atoms with E-state index in [0.717, 1.165) is 44.6 Å². The lowest BCUT2D eigenvalue weighted by Crippen LogP contribution is -2.35. The van der Waals surface area contributed by atoms with Gasteiger partial charge in [0.05, 0.1) is 4.47 Å². The molecule has 3 nitrogen and oxygen atoms in total. The SMILES string of the molecule is Cl.NCC1CCN(Cc2ccc(OC(F)(F)F)c(Br)c2)CC1. The molecular formula is C14H19BrClF3N2O. The van der Waals surface area contributed by atoms with Crippen molar-refractivity contribution in [3.8, 4) is 5.75 Å². The summed E-state index contributed by atoms with van der Waals surface area (Å²) in [6.45, 7) is 3.39. The van der Waals surface area contributed by atoms with Crippen molar-refractivity contribution in [3.05, 3.63) is 28.2 Å². The molecule has 0 saturated carbocycles. The largest absolute Gasteiger partial charge is 0.573 e. The Balaban J connectivity index is 0.00000242. The Hall–Kier alpha value is -0.500. The molecule has 0 aliphatic carbocycles. The van der Waals surface area contributed by atoms with E-state index in [1.54, 1.807) is 12.1 Å². The first-order chi connectivity index (χ1) is 9.87. The van der Waals surface area contributed by atoms with Crippen LogP contribution in [0.25, 0.3) is 0 Å². The number of nitrogens with two attached hydrogens (primary N) is 1. The summed E-state index contributed by atoms with van der Waals surface area (Å²) < 4.78 is 40.9. The van der Waals surface area contributed by atoms with Gasteiger partial charge in [-0.05, 0) is 72.0 Å². The first kappa shape index (κ1) is 19.5. The Kier molecular flexibility index (Phi) is 7.45. The fourth-order valence-corrected chi connectivity index (χ4v) is 3.00. The van der Waals surface area contributed by atoms with Crippen LogP contribution in [0.2, 0.25) is 0 Å². The van der Waals surface area contributed by atoms with Crippen LogP contribution in [0.1, 0.15) is 18.4 Å². The van der Waals surface area contributed by atoms with Crippen molar-refractivity contribution >= 4 is 28.3 Å². The molecule has 0 spiro atoms. The van der Waals surface area contributed by atoms with Crippen LogP contribution in [0.4, 0.5) is 13.2 Å². The number of benzene rings is 1. The number of hydrogen-bond acceptors (Lipinski definition) is 3. The molecule has 1 aromatic rings. The van der Waals surface area contributed by atoms with Crippen molar-refractivity contribution in [2.45, 2.75) is 25.7 Å². The minimum Gasteiger partial charge on any atom is -0.405 e. The van der Waals surface area contributed by atoms with Gasteiger partial charge in [0.25, 0.3) is 0 Å². The lowest BCUT2D eigenvalue weighted by atomic mass is 9.97. The number of alkyl halides is 3. The number of rotatable bonds is 4. The molecule has 0 unspecified atom stereocenters. The van der Waals surface area contributed by atoms with Gasteiger partial charge in [-0.1, -0.05) is 6.07 Å². The average Bonchev–Trinajstić information content (AvgIpc) is 2.41. The predicted molar refractivity (Wildman–Crippen MR) is 85.1 cm³/mol. The van der Waals surface area contributed by atoms with Crippen LogP contribution >= 0.6 is 28.3 Å². The summed E-state index contributed by atoms with van der Waals surface area (Å²) in [4.78, 5) is 2.29. The first-order valence-electron chi connectivity index (χ1n) is 6.84. The Morgan fingerprint density at radius 2 is 1.91 bits per heavy atom. The van der Waals surface area contributed by atoms with E-state index in [9.17, 15) is 13.2 Å². The normalized spacial score (nSPS) is 17.1. The fraction of sp³-hybridized carbons (Fsp3) is 0.571. The van der Waals surface area contributed by atoms with Crippen LogP contribution in [0.3, 0.4) is 0 Å². The van der Waals surface area contributed by atoms with Crippen molar-refractivity contribution < 1.29 is 17.9 Å². The van der Waals surface area contributed by atoms with E-state index < -0.39 is 6.36 Å². The van der Waals surface area contributed by atoms with Crippen molar-refractivity contribution in [2.24, 2.45) is 11.7 Å². The van der Waals surface area contributed by atoms with E-state index >= 15 is 0 Å². The topological polar surface area (TPSA) is 38.5 Å². The van der Waals surface area contributed by atoms with E-state index in [4.69, 9.17) is 5.73 Å². The molecule has 0 amide bonds. The third-order valence-corrected chi connectivity index (χ3v) is 4.29. The number of hydrogen-bond donors (Lipinski definition) is 1. The van der Waals surface area contributed by atoms with E-state index in [1.165, 1.54) is 6.07 Å². The van der Waals surface area contributed by atoms with E-state index in [0.29, 0.717) is 10.4 Å². The monoisotopic (exact) mass is 402 g/mol. The zero-order chi connectivity index (χ0) is 15.5. The summed E-state index contributed by atoms with van der Waals surface area (Å²) >= 11 is 3.13. The van der Waals surface area contributed by atoms with Gasteiger partial charge in [-0.15, -0.1) is 25.6 Å². The quantitative estimate of drug-likeness (QED) is 0.827. The summed E-state index contributed by atoms with van der Waals surface area (Å²) in [7, 11) is 0. The fourth-order valence-electron chi connectivity index (χ4n) is 2.49. The van der Waals surface area contributed by atoms with Crippen molar-refractivity contribution in [1.82, 2.24) is 4.90 Å². The Morgan fingerprint density at radius 1 is 1.27 bits per heavy atom. The summed E-state index contributed by atoms with van der Waals surface area (Å²) in [5, 5.41) is 0. The molecule has 2 rings (SSSR count). The van der Waals surface area contributed by atoms with Gasteiger partial charge < -0.3 is 10.5 Å². The van der Waals surface area contributed by atoms with Gasteiger partial charge in [0.2, 0.25) is 0 Å². The summed E-state index contributed by atoms with van der Waals surface area (Å²) in [5.74, 6) is 0.378. The van der Waals surface area contributed by atoms with Gasteiger partial charge in [0.1, 0.15) is 5.75 Å². The second-order valence-corrected chi connectivity index (χ2v) is 6.12. The van der Waals surface area contributed by atoms with Crippen LogP contribution in [-0.4, -0.2) is 30.9 Å². The molecule has 0 radical (unpaired) electrons. The first-order valence-corrected chi connectivity index (χ1v) is 7.63. The number of halogens is 5. The minimum atomic E-state index is -4.67. The molecule has 0 atom stereocenters. The van der Waals surface area contributed by atoms with Gasteiger partial charge in [-0.2, -0.15) is 0 Å². The molecule has 22 heavy (non-hydrogen) atoms. The zero-order valence-corrected chi connectivity index (χ0v) is 14.3. The Labute approximate surface area is 142 Å². The molecule has 1 aliphatic heterocycles. The molecule has 1 saturated heterocycles. The number of piperidine rings is 1. The summed E-state index contributed by atoms with van der Waals surface area (Å²) in [5.41, 5.74) is 6.62. The van der Waals surface area contributed by atoms with Crippen molar-refractivity contribution in [2.75, 3.05) is 19.6 Å².